The van der Waals surface area contributed by atoms with E-state index in [0.29, 0.717) is 0 Å². The molecule has 0 radical (unpaired) electrons. The molecule has 0 amide bonds. The van der Waals surface area contributed by atoms with E-state index in [9.17, 15) is 0 Å². The average Bonchev–Trinajstić information content (AvgIpc) is 3.60. The summed E-state index contributed by atoms with van der Waals surface area (Å²) < 4.78 is 2.81. The molecule has 0 fully saturated rings. The van der Waals surface area contributed by atoms with Crippen LogP contribution in [0.15, 0.2) is 166 Å². The molecule has 0 atom stereocenters. The minimum atomic E-state index is 0.0500. The van der Waals surface area contributed by atoms with Crippen molar-refractivity contribution in [1.82, 2.24) is 19.9 Å². The molecule has 11 heteroatoms. The fourth-order valence-electron chi connectivity index (χ4n) is 9.15. The first-order valence-electron chi connectivity index (χ1n) is 18.3. The molecule has 3 aromatic heterocycles. The second-order valence-electron chi connectivity index (χ2n) is 14.2. The van der Waals surface area contributed by atoms with Gasteiger partial charge in [0.2, 0.25) is 0 Å². The third kappa shape index (κ3) is 4.20. The number of anilines is 6. The summed E-state index contributed by atoms with van der Waals surface area (Å²) in [7, 11) is 0. The molecule has 13 rings (SSSR count). The fourth-order valence-corrected chi connectivity index (χ4v) is 13.6. The molecule has 6 nitrogen and oxygen atoms in total. The predicted molar refractivity (Wildman–Crippen MR) is 230 cm³/mol. The molecule has 0 spiro atoms. The van der Waals surface area contributed by atoms with Crippen molar-refractivity contribution in [2.75, 3.05) is 9.80 Å². The monoisotopic (exact) mass is 754 g/mol. The number of hydrogen-bond acceptors (Lipinski definition) is 9. The number of hydrogen-bond donors (Lipinski definition) is 0. The summed E-state index contributed by atoms with van der Waals surface area (Å²) in [5, 5.41) is 0. The van der Waals surface area contributed by atoms with Crippen LogP contribution in [0.25, 0.3) is 22.1 Å². The van der Waals surface area contributed by atoms with Gasteiger partial charge in [0, 0.05) is 78.5 Å². The zero-order valence-electron chi connectivity index (χ0n) is 28.9. The smallest absolute Gasteiger partial charge is 0.262 e. The first kappa shape index (κ1) is 30.5. The zero-order valence-corrected chi connectivity index (χ0v) is 31.4. The molecular weight excluding hydrogens is 730 g/mol. The number of aromatic nitrogens is 4. The Hall–Kier alpha value is -5.87. The predicted octanol–water partition coefficient (Wildman–Crippen LogP) is 7.16. The van der Waals surface area contributed by atoms with Crippen LogP contribution < -0.4 is 41.2 Å². The SMILES string of the molecule is c1ccc(N2c3cc4nccnc4cc3B3c4sc5c(c4Sc4cccc2c43)Sc2cccc3c2B5c2cc4nccnc4cc2N3c2ccccc2)cc1. The van der Waals surface area contributed by atoms with Crippen LogP contribution in [0.3, 0.4) is 0 Å². The van der Waals surface area contributed by atoms with Crippen molar-refractivity contribution in [3.63, 3.8) is 0 Å². The first-order chi connectivity index (χ1) is 27.3. The van der Waals surface area contributed by atoms with E-state index in [-0.39, 0.29) is 13.4 Å². The van der Waals surface area contributed by atoms with Crippen molar-refractivity contribution in [2.45, 2.75) is 19.6 Å². The van der Waals surface area contributed by atoms with Gasteiger partial charge in [-0.1, -0.05) is 72.1 Å². The van der Waals surface area contributed by atoms with Gasteiger partial charge in [0.05, 0.1) is 22.1 Å². The molecule has 0 N–H and O–H groups in total. The molecule has 0 saturated heterocycles. The van der Waals surface area contributed by atoms with Gasteiger partial charge in [-0.3, -0.25) is 19.9 Å². The van der Waals surface area contributed by atoms with Gasteiger partial charge in [-0.05, 0) is 104 Å². The summed E-state index contributed by atoms with van der Waals surface area (Å²) in [6.45, 7) is 0.0999. The molecular formula is C44H24B2N6S3. The first-order valence-corrected chi connectivity index (χ1v) is 20.7. The van der Waals surface area contributed by atoms with Crippen LogP contribution in [0, 0.1) is 0 Å². The van der Waals surface area contributed by atoms with Gasteiger partial charge >= 0.3 is 0 Å². The van der Waals surface area contributed by atoms with E-state index in [0.717, 1.165) is 44.8 Å². The summed E-state index contributed by atoms with van der Waals surface area (Å²) in [6, 6.07) is 44.2. The Balaban J connectivity index is 1.08. The highest BCUT2D eigenvalue weighted by Crippen LogP contribution is 2.49. The number of para-hydroxylation sites is 2. The zero-order chi connectivity index (χ0) is 35.8. The maximum atomic E-state index is 4.82. The Labute approximate surface area is 329 Å². The Morgan fingerprint density at radius 2 is 0.836 bits per heavy atom. The van der Waals surface area contributed by atoms with Crippen LogP contribution in [0.5, 0.6) is 0 Å². The van der Waals surface area contributed by atoms with Crippen molar-refractivity contribution in [1.29, 1.82) is 0 Å². The number of fused-ring (bicyclic) bond motifs is 11. The Morgan fingerprint density at radius 1 is 0.418 bits per heavy atom. The van der Waals surface area contributed by atoms with Crippen molar-refractivity contribution >= 4 is 136 Å². The third-order valence-electron chi connectivity index (χ3n) is 11.3. The molecule has 9 aromatic rings. The van der Waals surface area contributed by atoms with Crippen LogP contribution in [-0.4, -0.2) is 33.4 Å². The van der Waals surface area contributed by atoms with Crippen LogP contribution in [-0.2, 0) is 0 Å². The Kier molecular flexibility index (Phi) is 6.27. The molecule has 55 heavy (non-hydrogen) atoms. The van der Waals surface area contributed by atoms with Gasteiger partial charge < -0.3 is 9.80 Å². The van der Waals surface area contributed by atoms with Crippen molar-refractivity contribution in [3.05, 3.63) is 146 Å². The van der Waals surface area contributed by atoms with E-state index < -0.39 is 0 Å². The van der Waals surface area contributed by atoms with E-state index in [1.807, 2.05) is 34.9 Å². The molecule has 0 bridgehead atoms. The molecule has 254 valence electrons. The van der Waals surface area contributed by atoms with Gasteiger partial charge in [0.1, 0.15) is 0 Å². The lowest BCUT2D eigenvalue weighted by Gasteiger charge is -2.39. The maximum absolute atomic E-state index is 4.82. The van der Waals surface area contributed by atoms with Gasteiger partial charge in [-0.15, -0.1) is 0 Å². The van der Waals surface area contributed by atoms with Crippen molar-refractivity contribution in [2.24, 2.45) is 0 Å². The Morgan fingerprint density at radius 3 is 1.27 bits per heavy atom. The van der Waals surface area contributed by atoms with Crippen molar-refractivity contribution < 1.29 is 0 Å². The average molecular weight is 755 g/mol. The quantitative estimate of drug-likeness (QED) is 0.173. The van der Waals surface area contributed by atoms with Gasteiger partial charge in [0.25, 0.3) is 13.4 Å². The lowest BCUT2D eigenvalue weighted by molar-refractivity contribution is 1.24. The fraction of sp³-hybridized carbons (Fsp3) is 0. The highest BCUT2D eigenvalue weighted by Gasteiger charge is 2.48. The second-order valence-corrected chi connectivity index (χ2v) is 17.4. The molecule has 0 saturated carbocycles. The van der Waals surface area contributed by atoms with Crippen molar-refractivity contribution in [3.8, 4) is 0 Å². The summed E-state index contributed by atoms with van der Waals surface area (Å²) in [4.78, 5) is 29.4. The molecule has 0 aliphatic carbocycles. The molecule has 4 aliphatic heterocycles. The van der Waals surface area contributed by atoms with Crippen LogP contribution >= 0.6 is 34.9 Å². The minimum Gasteiger partial charge on any atom is -0.311 e. The molecule has 0 unspecified atom stereocenters. The van der Waals surface area contributed by atoms with Gasteiger partial charge in [-0.25, -0.2) is 0 Å². The van der Waals surface area contributed by atoms with Gasteiger partial charge in [0.15, 0.2) is 0 Å². The molecule has 4 aliphatic rings. The number of nitrogens with zero attached hydrogens (tertiary/aromatic N) is 6. The van der Waals surface area contributed by atoms with E-state index in [4.69, 9.17) is 19.9 Å². The molecule has 7 heterocycles. The highest BCUT2D eigenvalue weighted by molar-refractivity contribution is 8.03. The number of thiophene rings is 1. The van der Waals surface area contributed by atoms with Crippen LogP contribution in [0.4, 0.5) is 34.1 Å². The van der Waals surface area contributed by atoms with E-state index >= 15 is 0 Å². The van der Waals surface area contributed by atoms with E-state index in [2.05, 4.69) is 131 Å². The summed E-state index contributed by atoms with van der Waals surface area (Å²) in [5.74, 6) is 0. The lowest BCUT2D eigenvalue weighted by Crippen LogP contribution is -2.59. The summed E-state index contributed by atoms with van der Waals surface area (Å²) >= 11 is 5.88. The topological polar surface area (TPSA) is 58.0 Å². The van der Waals surface area contributed by atoms with E-state index in [1.165, 1.54) is 62.4 Å². The highest BCUT2D eigenvalue weighted by atomic mass is 32.2. The maximum Gasteiger partial charge on any atom is 0.262 e. The van der Waals surface area contributed by atoms with Gasteiger partial charge in [-0.2, -0.15) is 11.3 Å². The van der Waals surface area contributed by atoms with Crippen LogP contribution in [0.1, 0.15) is 0 Å². The Bertz CT molecular complexity index is 2900. The van der Waals surface area contributed by atoms with Crippen LogP contribution in [0.2, 0.25) is 0 Å². The minimum absolute atomic E-state index is 0.0500. The normalized spacial score (nSPS) is 14.3. The van der Waals surface area contributed by atoms with E-state index in [1.54, 1.807) is 24.8 Å². The second kappa shape index (κ2) is 11.3. The lowest BCUT2D eigenvalue weighted by atomic mass is 9.37. The molecule has 6 aromatic carbocycles. The summed E-state index contributed by atoms with van der Waals surface area (Å²) in [6.07, 6.45) is 7.18. The number of rotatable bonds is 2. The summed E-state index contributed by atoms with van der Waals surface area (Å²) in [5.41, 5.74) is 15.9. The third-order valence-corrected chi connectivity index (χ3v) is 15.5. The largest absolute Gasteiger partial charge is 0.311 e. The number of benzene rings is 6. The standard InChI is InChI=1S/C44H24B2N6S3/c1-3-9-25(10-4-1)51-33-13-7-15-37-39(33)45(27-21-29-31(23-35(27)51)49-19-17-47-29)43-41(53-37)42-44(55-43)46-28-22-30-32(50-20-18-48-30)24-36(28)52(26-11-5-2-6-12-26)34-14-8-16-38(54-42)40(34)46/h1-24H.